The fraction of sp³-hybridized carbons (Fsp3) is 0.436. The maximum atomic E-state index is 15.8. The van der Waals surface area contributed by atoms with Gasteiger partial charge in [0, 0.05) is 23.0 Å². The summed E-state index contributed by atoms with van der Waals surface area (Å²) < 4.78 is 20.6. The number of rotatable bonds is 9. The molecule has 5 aromatic rings. The number of hydrogen-bond donors (Lipinski definition) is 4. The molecule has 5 atom stereocenters. The molecule has 2 amide bonds. The molecule has 3 heterocycles. The summed E-state index contributed by atoms with van der Waals surface area (Å²) in [5.41, 5.74) is 4.62. The lowest BCUT2D eigenvalue weighted by atomic mass is 9.80. The zero-order valence-corrected chi connectivity index (χ0v) is 28.9. The number of ether oxygens (including phenoxy) is 1. The van der Waals surface area contributed by atoms with Crippen molar-refractivity contribution >= 4 is 33.8 Å². The molecule has 10 nitrogen and oxygen atoms in total. The van der Waals surface area contributed by atoms with Crippen molar-refractivity contribution in [1.29, 1.82) is 0 Å². The molecular weight excluding hydrogens is 633 g/mol. The molecule has 4 N–H and O–H groups in total. The van der Waals surface area contributed by atoms with Crippen LogP contribution in [0.15, 0.2) is 54.7 Å². The van der Waals surface area contributed by atoms with Crippen LogP contribution < -0.4 is 10.6 Å². The second kappa shape index (κ2) is 12.8. The number of benzene rings is 3. The van der Waals surface area contributed by atoms with Crippen molar-refractivity contribution in [3.8, 4) is 22.4 Å². The van der Waals surface area contributed by atoms with E-state index in [1.54, 1.807) is 18.3 Å². The third kappa shape index (κ3) is 5.71. The quantitative estimate of drug-likeness (QED) is 0.128. The molecule has 8 rings (SSSR count). The number of amides is 2. The number of nitrogens with zero attached hydrogens (tertiary/aromatic N) is 3. The van der Waals surface area contributed by atoms with Crippen LogP contribution in [0.1, 0.15) is 83.0 Å². The van der Waals surface area contributed by atoms with Crippen LogP contribution in [0.3, 0.4) is 0 Å². The first-order chi connectivity index (χ1) is 24.2. The van der Waals surface area contributed by atoms with Gasteiger partial charge in [0.05, 0.1) is 42.1 Å². The number of hydrogen-bond acceptors (Lipinski definition) is 6. The summed E-state index contributed by atoms with van der Waals surface area (Å²) >= 11 is 0. The first kappa shape index (κ1) is 32.4. The Hall–Kier alpha value is -4.77. The Morgan fingerprint density at radius 1 is 1.00 bits per heavy atom. The maximum Gasteiger partial charge on any atom is 0.407 e. The van der Waals surface area contributed by atoms with Crippen LogP contribution >= 0.6 is 0 Å². The summed E-state index contributed by atoms with van der Waals surface area (Å²) in [5.74, 6) is 1.65. The molecule has 0 bridgehead atoms. The highest BCUT2D eigenvalue weighted by Gasteiger charge is 2.41. The standard InChI is InChI=1S/C39H44FN7O3/c1-20(2)34(46-39(49)50-4)38(48)47(26-6-5-7-26)21(3)36-41-19-33(44-36)28-13-9-23(17-29(28)40)22-8-12-27-24(16-22)10-15-31-35(27)45-37(43-31)32-18-25-11-14-30(25)42-32/h8-10,12-13,15-17,19-21,25-26,30,32,34,42H,5-7,11,14,18H2,1-4H3,(H,41,44)(H,43,45)(H,46,49)/t21-,25-,30?,32-,34-/m0/s1. The van der Waals surface area contributed by atoms with Gasteiger partial charge >= 0.3 is 6.09 Å². The van der Waals surface area contributed by atoms with Gasteiger partial charge in [0.25, 0.3) is 0 Å². The Morgan fingerprint density at radius 2 is 1.80 bits per heavy atom. The molecule has 1 aliphatic heterocycles. The Balaban J connectivity index is 1.02. The lowest BCUT2D eigenvalue weighted by Crippen LogP contribution is -2.56. The summed E-state index contributed by atoms with van der Waals surface area (Å²) in [5, 5.41) is 8.57. The topological polar surface area (TPSA) is 128 Å². The van der Waals surface area contributed by atoms with Crippen molar-refractivity contribution < 1.29 is 18.7 Å². The van der Waals surface area contributed by atoms with E-state index in [0.717, 1.165) is 70.4 Å². The predicted molar refractivity (Wildman–Crippen MR) is 191 cm³/mol. The fourth-order valence-corrected chi connectivity index (χ4v) is 8.00. The van der Waals surface area contributed by atoms with Gasteiger partial charge in [-0.1, -0.05) is 38.1 Å². The number of aromatic nitrogens is 4. The van der Waals surface area contributed by atoms with Gasteiger partial charge in [-0.05, 0) is 98.1 Å². The highest BCUT2D eigenvalue weighted by Crippen LogP contribution is 2.42. The van der Waals surface area contributed by atoms with Gasteiger partial charge < -0.3 is 30.2 Å². The minimum Gasteiger partial charge on any atom is -0.453 e. The second-order valence-corrected chi connectivity index (χ2v) is 14.7. The first-order valence-corrected chi connectivity index (χ1v) is 17.9. The van der Waals surface area contributed by atoms with E-state index in [1.165, 1.54) is 20.0 Å². The SMILES string of the molecule is COC(=O)N[C@H](C(=O)N(C1CCC1)[C@@H](C)c1ncc(-c2ccc(-c3ccc4c(ccc5[nH]c([C@@H]6C[C@@H]7CCC7N6)nc54)c3)cc2F)[nH]1)C(C)C. The van der Waals surface area contributed by atoms with E-state index in [1.807, 2.05) is 37.8 Å². The molecule has 1 saturated heterocycles. The van der Waals surface area contributed by atoms with Crippen molar-refractivity contribution in [3.05, 3.63) is 72.2 Å². The van der Waals surface area contributed by atoms with E-state index >= 15 is 4.39 Å². The van der Waals surface area contributed by atoms with Crippen molar-refractivity contribution in [2.75, 3.05) is 7.11 Å². The molecule has 3 aliphatic rings. The number of alkyl carbamates (subject to hydrolysis) is 1. The van der Waals surface area contributed by atoms with Crippen molar-refractivity contribution in [2.45, 2.75) is 89.5 Å². The summed E-state index contributed by atoms with van der Waals surface area (Å²) in [6.45, 7) is 5.70. The van der Waals surface area contributed by atoms with Crippen molar-refractivity contribution in [2.24, 2.45) is 11.8 Å². The monoisotopic (exact) mass is 677 g/mol. The molecule has 2 aliphatic carbocycles. The molecule has 2 saturated carbocycles. The molecule has 50 heavy (non-hydrogen) atoms. The van der Waals surface area contributed by atoms with E-state index < -0.39 is 18.2 Å². The third-order valence-electron chi connectivity index (χ3n) is 11.3. The summed E-state index contributed by atoms with van der Waals surface area (Å²) in [4.78, 5) is 44.2. The number of imidazole rings is 2. The number of aromatic amines is 2. The molecule has 3 aromatic carbocycles. The lowest BCUT2D eigenvalue weighted by molar-refractivity contribution is -0.141. The number of methoxy groups -OCH3 is 1. The Bertz CT molecular complexity index is 2070. The molecule has 260 valence electrons. The van der Waals surface area contributed by atoms with Crippen LogP contribution in [-0.4, -0.2) is 62.1 Å². The van der Waals surface area contributed by atoms with Gasteiger partial charge in [0.1, 0.15) is 23.5 Å². The zero-order chi connectivity index (χ0) is 34.7. The molecule has 0 spiro atoms. The Morgan fingerprint density at radius 3 is 2.46 bits per heavy atom. The van der Waals surface area contributed by atoms with Gasteiger partial charge in [-0.3, -0.25) is 4.79 Å². The largest absolute Gasteiger partial charge is 0.453 e. The number of H-pyrrole nitrogens is 2. The van der Waals surface area contributed by atoms with Gasteiger partial charge in [-0.15, -0.1) is 0 Å². The minimum atomic E-state index is -0.743. The summed E-state index contributed by atoms with van der Waals surface area (Å²) in [7, 11) is 1.28. The average Bonchev–Trinajstić information content (AvgIpc) is 3.81. The smallest absolute Gasteiger partial charge is 0.407 e. The minimum absolute atomic E-state index is 0.0373. The molecule has 2 aromatic heterocycles. The molecule has 11 heteroatoms. The fourth-order valence-electron chi connectivity index (χ4n) is 8.00. The van der Waals surface area contributed by atoms with E-state index in [9.17, 15) is 9.59 Å². The number of carbonyl (C=O) groups is 2. The van der Waals surface area contributed by atoms with E-state index in [4.69, 9.17) is 9.72 Å². The van der Waals surface area contributed by atoms with Crippen molar-refractivity contribution in [1.82, 2.24) is 35.5 Å². The van der Waals surface area contributed by atoms with Crippen LogP contribution in [0.4, 0.5) is 9.18 Å². The van der Waals surface area contributed by atoms with E-state index in [-0.39, 0.29) is 29.7 Å². The van der Waals surface area contributed by atoms with Gasteiger partial charge in [0.2, 0.25) is 5.91 Å². The van der Waals surface area contributed by atoms with Crippen LogP contribution in [-0.2, 0) is 9.53 Å². The van der Waals surface area contributed by atoms with Gasteiger partial charge in [-0.25, -0.2) is 19.2 Å². The lowest BCUT2D eigenvalue weighted by Gasteiger charge is -2.43. The molecule has 3 fully saturated rings. The summed E-state index contributed by atoms with van der Waals surface area (Å²) in [6.07, 6.45) is 7.47. The van der Waals surface area contributed by atoms with E-state index in [2.05, 4.69) is 49.9 Å². The second-order valence-electron chi connectivity index (χ2n) is 14.7. The van der Waals surface area contributed by atoms with Gasteiger partial charge in [-0.2, -0.15) is 0 Å². The molecule has 0 radical (unpaired) electrons. The highest BCUT2D eigenvalue weighted by atomic mass is 19.1. The number of carbonyl (C=O) groups excluding carboxylic acids is 2. The molecule has 1 unspecified atom stereocenters. The van der Waals surface area contributed by atoms with Gasteiger partial charge in [0.15, 0.2) is 0 Å². The van der Waals surface area contributed by atoms with Crippen LogP contribution in [0, 0.1) is 17.7 Å². The first-order valence-electron chi connectivity index (χ1n) is 17.9. The average molecular weight is 678 g/mol. The van der Waals surface area contributed by atoms with Crippen molar-refractivity contribution in [3.63, 3.8) is 0 Å². The third-order valence-corrected chi connectivity index (χ3v) is 11.3. The van der Waals surface area contributed by atoms with E-state index in [0.29, 0.717) is 23.1 Å². The number of fused-ring (bicyclic) bond motifs is 4. The molecular formula is C39H44FN7O3. The maximum absolute atomic E-state index is 15.8. The van der Waals surface area contributed by atoms with Crippen LogP contribution in [0.2, 0.25) is 0 Å². The Labute approximate surface area is 290 Å². The van der Waals surface area contributed by atoms with Crippen LogP contribution in [0.5, 0.6) is 0 Å². The normalized spacial score (nSPS) is 21.4. The predicted octanol–water partition coefficient (Wildman–Crippen LogP) is 7.55. The van der Waals surface area contributed by atoms with Crippen LogP contribution in [0.25, 0.3) is 44.2 Å². The summed E-state index contributed by atoms with van der Waals surface area (Å²) in [6, 6.07) is 15.4. The zero-order valence-electron chi connectivity index (χ0n) is 28.9. The Kier molecular flexibility index (Phi) is 8.33. The highest BCUT2D eigenvalue weighted by molar-refractivity contribution is 6.05. The number of nitrogens with one attached hydrogen (secondary N) is 4. The number of halogens is 1.